The number of esters is 1. The molecule has 0 fully saturated rings. The van der Waals surface area contributed by atoms with E-state index in [2.05, 4.69) is 11.3 Å². The monoisotopic (exact) mass is 218 g/mol. The van der Waals surface area contributed by atoms with Crippen LogP contribution in [-0.2, 0) is 19.1 Å². The number of carboxylic acid groups (broad SMARTS) is 1. The van der Waals surface area contributed by atoms with Gasteiger partial charge in [-0.3, -0.25) is 9.59 Å². The number of rotatable bonds is 4. The molecule has 0 aromatic rings. The van der Waals surface area contributed by atoms with Crippen molar-refractivity contribution in [3.05, 3.63) is 12.7 Å². The Morgan fingerprint density at radius 3 is 2.07 bits per heavy atom. The van der Waals surface area contributed by atoms with Gasteiger partial charge in [0, 0.05) is 6.08 Å². The Bertz CT molecular complexity index is 243. The molecule has 0 spiro atoms. The number of aliphatic carboxylic acids is 1. The highest BCUT2D eigenvalue weighted by molar-refractivity contribution is 5.94. The van der Waals surface area contributed by atoms with E-state index in [4.69, 9.17) is 10.2 Å². The summed E-state index contributed by atoms with van der Waals surface area (Å²) in [5.74, 6) is -1.95. The van der Waals surface area contributed by atoms with Crippen LogP contribution in [0.3, 0.4) is 0 Å². The van der Waals surface area contributed by atoms with Crippen molar-refractivity contribution >= 4 is 17.7 Å². The van der Waals surface area contributed by atoms with Crippen LogP contribution in [-0.4, -0.2) is 34.2 Å². The van der Waals surface area contributed by atoms with Gasteiger partial charge in [0.05, 0.1) is 0 Å². The molecule has 0 heterocycles. The maximum atomic E-state index is 10.5. The van der Waals surface area contributed by atoms with Crippen LogP contribution in [0.4, 0.5) is 0 Å². The molecule has 15 heavy (non-hydrogen) atoms. The first-order chi connectivity index (χ1) is 6.79. The summed E-state index contributed by atoms with van der Waals surface area (Å²) >= 11 is 0. The third kappa shape index (κ3) is 18.9. The molecule has 86 valence electrons. The summed E-state index contributed by atoms with van der Waals surface area (Å²) in [6.45, 7) is 5.55. The molecule has 0 bridgehead atoms. The van der Waals surface area contributed by atoms with E-state index in [0.717, 1.165) is 6.08 Å². The lowest BCUT2D eigenvalue weighted by atomic mass is 10.3. The Hall–Kier alpha value is -1.69. The van der Waals surface area contributed by atoms with Gasteiger partial charge in [-0.2, -0.15) is 0 Å². The zero-order chi connectivity index (χ0) is 12.4. The molecule has 0 aliphatic heterocycles. The maximum Gasteiger partial charge on any atom is 0.327 e. The standard InChI is InChI=1S/C6H10O4.C3H4O2/c1-4(7)3-6(9)10-5(2)8;1-2-3(4)5/h5,8H,3H2,1-2H3;2H,1H2,(H,4,5). The first-order valence-electron chi connectivity index (χ1n) is 4.02. The first-order valence-corrected chi connectivity index (χ1v) is 4.02. The van der Waals surface area contributed by atoms with Crippen LogP contribution >= 0.6 is 0 Å². The van der Waals surface area contributed by atoms with E-state index in [9.17, 15) is 14.4 Å². The summed E-state index contributed by atoms with van der Waals surface area (Å²) in [5, 5.41) is 16.1. The molecule has 0 aliphatic rings. The molecule has 0 aromatic carbocycles. The fourth-order valence-corrected chi connectivity index (χ4v) is 0.435. The maximum absolute atomic E-state index is 10.5. The molecular formula is C9H14O6. The minimum Gasteiger partial charge on any atom is -0.478 e. The average Bonchev–Trinajstić information content (AvgIpc) is 2.01. The summed E-state index contributed by atoms with van der Waals surface area (Å²) in [4.78, 5) is 30.0. The minimum atomic E-state index is -1.13. The first kappa shape index (κ1) is 15.8. The molecule has 0 rings (SSSR count). The van der Waals surface area contributed by atoms with Crippen molar-refractivity contribution in [3.8, 4) is 0 Å². The summed E-state index contributed by atoms with van der Waals surface area (Å²) < 4.78 is 4.26. The van der Waals surface area contributed by atoms with Crippen LogP contribution in [0, 0.1) is 0 Å². The van der Waals surface area contributed by atoms with Gasteiger partial charge in [0.15, 0.2) is 6.29 Å². The summed E-state index contributed by atoms with van der Waals surface area (Å²) in [7, 11) is 0. The van der Waals surface area contributed by atoms with Gasteiger partial charge in [-0.15, -0.1) is 0 Å². The highest BCUT2D eigenvalue weighted by Gasteiger charge is 2.07. The quantitative estimate of drug-likeness (QED) is 0.300. The average molecular weight is 218 g/mol. The number of hydrogen-bond acceptors (Lipinski definition) is 5. The van der Waals surface area contributed by atoms with E-state index >= 15 is 0 Å². The molecule has 1 unspecified atom stereocenters. The molecular weight excluding hydrogens is 204 g/mol. The fourth-order valence-electron chi connectivity index (χ4n) is 0.435. The lowest BCUT2D eigenvalue weighted by Gasteiger charge is -2.04. The van der Waals surface area contributed by atoms with Crippen molar-refractivity contribution in [1.82, 2.24) is 0 Å². The van der Waals surface area contributed by atoms with Gasteiger partial charge in [-0.1, -0.05) is 6.58 Å². The number of carbonyl (C=O) groups is 3. The predicted octanol–water partition coefficient (Wildman–Crippen LogP) is 0.104. The zero-order valence-electron chi connectivity index (χ0n) is 8.60. The lowest BCUT2D eigenvalue weighted by Crippen LogP contribution is -2.15. The molecule has 0 amide bonds. The Balaban J connectivity index is 0. The van der Waals surface area contributed by atoms with E-state index < -0.39 is 18.2 Å². The lowest BCUT2D eigenvalue weighted by molar-refractivity contribution is -0.165. The number of aliphatic hydroxyl groups excluding tert-OH is 1. The summed E-state index contributed by atoms with van der Waals surface area (Å²) in [6.07, 6.45) is -0.572. The molecule has 0 saturated heterocycles. The molecule has 0 saturated carbocycles. The zero-order valence-corrected chi connectivity index (χ0v) is 8.60. The number of aliphatic hydroxyl groups is 1. The van der Waals surface area contributed by atoms with Gasteiger partial charge in [-0.25, -0.2) is 4.79 Å². The second-order valence-electron chi connectivity index (χ2n) is 2.51. The van der Waals surface area contributed by atoms with E-state index in [1.807, 2.05) is 0 Å². The van der Waals surface area contributed by atoms with Crippen molar-refractivity contribution in [2.24, 2.45) is 0 Å². The Labute approximate surface area is 87.2 Å². The van der Waals surface area contributed by atoms with Crippen LogP contribution in [0.2, 0.25) is 0 Å². The van der Waals surface area contributed by atoms with Gasteiger partial charge >= 0.3 is 11.9 Å². The number of carbonyl (C=O) groups excluding carboxylic acids is 2. The van der Waals surface area contributed by atoms with Crippen LogP contribution in [0.25, 0.3) is 0 Å². The van der Waals surface area contributed by atoms with Crippen molar-refractivity contribution in [1.29, 1.82) is 0 Å². The van der Waals surface area contributed by atoms with Gasteiger partial charge in [0.2, 0.25) is 0 Å². The van der Waals surface area contributed by atoms with E-state index in [-0.39, 0.29) is 12.2 Å². The second-order valence-corrected chi connectivity index (χ2v) is 2.51. The normalized spacial score (nSPS) is 10.3. The number of ether oxygens (including phenoxy) is 1. The molecule has 2 N–H and O–H groups in total. The van der Waals surface area contributed by atoms with Gasteiger partial charge < -0.3 is 14.9 Å². The number of carboxylic acids is 1. The molecule has 0 aromatic heterocycles. The van der Waals surface area contributed by atoms with Crippen LogP contribution in [0.5, 0.6) is 0 Å². The SMILES string of the molecule is C=CC(=O)O.CC(=O)CC(=O)OC(C)O. The van der Waals surface area contributed by atoms with E-state index in [1.54, 1.807) is 0 Å². The number of Topliss-reactive ketones (excluding diaryl/α,β-unsaturated/α-hetero) is 1. The molecule has 6 nitrogen and oxygen atoms in total. The van der Waals surface area contributed by atoms with Gasteiger partial charge in [-0.05, 0) is 13.8 Å². The third-order valence-electron chi connectivity index (χ3n) is 0.870. The minimum absolute atomic E-state index is 0.273. The smallest absolute Gasteiger partial charge is 0.327 e. The topological polar surface area (TPSA) is 101 Å². The molecule has 0 radical (unpaired) electrons. The third-order valence-corrected chi connectivity index (χ3v) is 0.870. The predicted molar refractivity (Wildman–Crippen MR) is 50.9 cm³/mol. The summed E-state index contributed by atoms with van der Waals surface area (Å²) in [5.41, 5.74) is 0. The fraction of sp³-hybridized carbons (Fsp3) is 0.444. The molecule has 1 atom stereocenters. The number of ketones is 1. The van der Waals surface area contributed by atoms with Gasteiger partial charge in [0.25, 0.3) is 0 Å². The van der Waals surface area contributed by atoms with E-state index in [1.165, 1.54) is 13.8 Å². The Morgan fingerprint density at radius 1 is 1.47 bits per heavy atom. The number of hydrogen-bond donors (Lipinski definition) is 2. The molecule has 6 heteroatoms. The molecule has 0 aliphatic carbocycles. The van der Waals surface area contributed by atoms with Gasteiger partial charge in [0.1, 0.15) is 12.2 Å². The van der Waals surface area contributed by atoms with Crippen molar-refractivity contribution in [2.45, 2.75) is 26.6 Å². The van der Waals surface area contributed by atoms with E-state index in [0.29, 0.717) is 0 Å². The van der Waals surface area contributed by atoms with Crippen molar-refractivity contribution in [3.63, 3.8) is 0 Å². The van der Waals surface area contributed by atoms with Crippen LogP contribution in [0.15, 0.2) is 12.7 Å². The summed E-state index contributed by atoms with van der Waals surface area (Å²) in [6, 6.07) is 0. The van der Waals surface area contributed by atoms with Crippen molar-refractivity contribution < 1.29 is 29.3 Å². The van der Waals surface area contributed by atoms with Crippen molar-refractivity contribution in [2.75, 3.05) is 0 Å². The largest absolute Gasteiger partial charge is 0.478 e. The Kier molecular flexibility index (Phi) is 9.34. The highest BCUT2D eigenvalue weighted by Crippen LogP contribution is 1.91. The highest BCUT2D eigenvalue weighted by atomic mass is 16.6. The second kappa shape index (κ2) is 8.89. The Morgan fingerprint density at radius 2 is 1.87 bits per heavy atom. The van der Waals surface area contributed by atoms with Crippen LogP contribution < -0.4 is 0 Å². The van der Waals surface area contributed by atoms with Crippen LogP contribution in [0.1, 0.15) is 20.3 Å².